The number of piperidine rings is 1. The van der Waals surface area contributed by atoms with Crippen molar-refractivity contribution in [2.75, 3.05) is 13.1 Å². The Balaban J connectivity index is 1.94. The van der Waals surface area contributed by atoms with Crippen LogP contribution in [0.4, 0.5) is 0 Å². The summed E-state index contributed by atoms with van der Waals surface area (Å²) in [7, 11) is 0. The predicted octanol–water partition coefficient (Wildman–Crippen LogP) is 4.16. The van der Waals surface area contributed by atoms with Crippen molar-refractivity contribution in [1.29, 1.82) is 0 Å². The minimum atomic E-state index is 0.620. The van der Waals surface area contributed by atoms with Gasteiger partial charge in [-0.15, -0.1) is 0 Å². The molecule has 1 aromatic carbocycles. The van der Waals surface area contributed by atoms with Crippen molar-refractivity contribution in [3.05, 3.63) is 58.3 Å². The zero-order valence-electron chi connectivity index (χ0n) is 13.0. The normalized spacial score (nSPS) is 25.3. The predicted molar refractivity (Wildman–Crippen MR) is 94.1 cm³/mol. The minimum Gasteiger partial charge on any atom is -0.405 e. The number of rotatable bonds is 2. The van der Waals surface area contributed by atoms with Gasteiger partial charge in [0.15, 0.2) is 0 Å². The molecular weight excluding hydrogens is 292 g/mol. The second-order valence-electron chi connectivity index (χ2n) is 6.45. The number of hydrogen-bond acceptors (Lipinski definition) is 2. The average molecular weight is 317 g/mol. The lowest BCUT2D eigenvalue weighted by Gasteiger charge is -2.31. The van der Waals surface area contributed by atoms with Crippen molar-refractivity contribution >= 4 is 11.6 Å². The van der Waals surface area contributed by atoms with Crippen LogP contribution in [0.3, 0.4) is 0 Å². The van der Waals surface area contributed by atoms with E-state index in [1.807, 2.05) is 6.08 Å². The molecule has 1 aromatic rings. The Labute approximate surface area is 138 Å². The Kier molecular flexibility index (Phi) is 5.22. The Morgan fingerprint density at radius 2 is 2.00 bits per heavy atom. The fraction of sp³-hybridized carbons (Fsp3) is 0.474. The zero-order valence-corrected chi connectivity index (χ0v) is 13.8. The summed E-state index contributed by atoms with van der Waals surface area (Å²) in [6, 6.07) is 6.50. The summed E-state index contributed by atoms with van der Waals surface area (Å²) in [4.78, 5) is 0. The number of halogens is 1. The first-order valence-corrected chi connectivity index (χ1v) is 8.71. The minimum absolute atomic E-state index is 0.620. The fourth-order valence-electron chi connectivity index (χ4n) is 3.95. The van der Waals surface area contributed by atoms with Gasteiger partial charge in [0.05, 0.1) is 0 Å². The largest absolute Gasteiger partial charge is 0.405 e. The van der Waals surface area contributed by atoms with E-state index in [0.29, 0.717) is 5.92 Å². The first-order valence-electron chi connectivity index (χ1n) is 8.33. The van der Waals surface area contributed by atoms with Gasteiger partial charge in [-0.1, -0.05) is 29.3 Å². The average Bonchev–Trinajstić information content (AvgIpc) is 2.73. The molecule has 118 valence electrons. The van der Waals surface area contributed by atoms with Crippen LogP contribution in [0.15, 0.2) is 42.1 Å². The second-order valence-corrected chi connectivity index (χ2v) is 6.89. The van der Waals surface area contributed by atoms with Crippen LogP contribution in [-0.4, -0.2) is 13.1 Å². The molecule has 1 unspecified atom stereocenters. The molecule has 0 aromatic heterocycles. The summed E-state index contributed by atoms with van der Waals surface area (Å²) in [5.41, 5.74) is 9.99. The van der Waals surface area contributed by atoms with Crippen LogP contribution in [0.2, 0.25) is 5.02 Å². The lowest BCUT2D eigenvalue weighted by molar-refractivity contribution is 0.316. The number of aryl methyl sites for hydroxylation is 1. The molecule has 1 heterocycles. The molecule has 0 spiro atoms. The molecule has 3 heteroatoms. The first-order chi connectivity index (χ1) is 10.8. The van der Waals surface area contributed by atoms with E-state index >= 15 is 0 Å². The summed E-state index contributed by atoms with van der Waals surface area (Å²) in [6.07, 6.45) is 11.7. The summed E-state index contributed by atoms with van der Waals surface area (Å²) in [5, 5.41) is 4.34. The molecule has 1 saturated heterocycles. The third kappa shape index (κ3) is 3.56. The van der Waals surface area contributed by atoms with E-state index in [1.165, 1.54) is 29.5 Å². The zero-order chi connectivity index (χ0) is 15.4. The van der Waals surface area contributed by atoms with Crippen molar-refractivity contribution in [3.8, 4) is 0 Å². The van der Waals surface area contributed by atoms with Gasteiger partial charge in [-0.25, -0.2) is 0 Å². The van der Waals surface area contributed by atoms with Crippen LogP contribution in [-0.2, 0) is 6.42 Å². The first kappa shape index (κ1) is 15.6. The van der Waals surface area contributed by atoms with E-state index < -0.39 is 0 Å². The van der Waals surface area contributed by atoms with Crippen molar-refractivity contribution in [1.82, 2.24) is 5.32 Å². The van der Waals surface area contributed by atoms with Gasteiger partial charge >= 0.3 is 0 Å². The smallest absolute Gasteiger partial charge is 0.0408 e. The summed E-state index contributed by atoms with van der Waals surface area (Å²) in [5.74, 6) is 1.39. The van der Waals surface area contributed by atoms with Gasteiger partial charge in [0.1, 0.15) is 0 Å². The highest BCUT2D eigenvalue weighted by atomic mass is 35.5. The molecule has 0 amide bonds. The highest BCUT2D eigenvalue weighted by molar-refractivity contribution is 6.30. The summed E-state index contributed by atoms with van der Waals surface area (Å²) in [6.45, 7) is 2.29. The van der Waals surface area contributed by atoms with Crippen molar-refractivity contribution in [3.63, 3.8) is 0 Å². The maximum Gasteiger partial charge on any atom is 0.0408 e. The number of allylic oxidation sites excluding steroid dienone is 3. The van der Waals surface area contributed by atoms with Gasteiger partial charge in [0.2, 0.25) is 0 Å². The number of nitrogens with two attached hydrogens (primary N) is 1. The quantitative estimate of drug-likeness (QED) is 0.804. The van der Waals surface area contributed by atoms with Crippen molar-refractivity contribution in [2.45, 2.75) is 38.0 Å². The molecule has 1 aliphatic heterocycles. The van der Waals surface area contributed by atoms with Crippen molar-refractivity contribution in [2.24, 2.45) is 11.7 Å². The number of nitrogens with one attached hydrogen (secondary N) is 1. The third-order valence-corrected chi connectivity index (χ3v) is 5.33. The maximum atomic E-state index is 6.23. The van der Waals surface area contributed by atoms with E-state index in [0.717, 1.165) is 43.3 Å². The van der Waals surface area contributed by atoms with E-state index in [2.05, 4.69) is 29.6 Å². The molecule has 2 aliphatic rings. The Bertz CT molecular complexity index is 571. The molecule has 0 bridgehead atoms. The third-order valence-electron chi connectivity index (χ3n) is 5.10. The van der Waals surface area contributed by atoms with E-state index in [1.54, 1.807) is 6.20 Å². The highest BCUT2D eigenvalue weighted by Gasteiger charge is 2.29. The van der Waals surface area contributed by atoms with Crippen LogP contribution in [0, 0.1) is 5.92 Å². The number of benzene rings is 1. The molecule has 3 N–H and O–H groups in total. The lowest BCUT2D eigenvalue weighted by Crippen LogP contribution is -2.31. The van der Waals surface area contributed by atoms with E-state index in [9.17, 15) is 0 Å². The maximum absolute atomic E-state index is 6.23. The molecule has 3 rings (SSSR count). The molecule has 22 heavy (non-hydrogen) atoms. The van der Waals surface area contributed by atoms with Crippen LogP contribution in [0.5, 0.6) is 0 Å². The van der Waals surface area contributed by atoms with Crippen LogP contribution < -0.4 is 11.1 Å². The summed E-state index contributed by atoms with van der Waals surface area (Å²) >= 11 is 6.23. The van der Waals surface area contributed by atoms with Gasteiger partial charge in [-0.3, -0.25) is 0 Å². The molecule has 1 aliphatic carbocycles. The molecule has 0 saturated carbocycles. The standard InChI is InChI=1S/C19H25ClN2/c20-17-5-6-18-16(13-17)4-3-14(2-1-9-21)12-19(18)15-7-10-22-11-8-15/h1-2,5-6,9,13,15,19,22H,3-4,7-8,10-12,21H2/b9-1-,14-2-. The van der Waals surface area contributed by atoms with Gasteiger partial charge in [-0.2, -0.15) is 0 Å². The molecule has 1 fully saturated rings. The fourth-order valence-corrected chi connectivity index (χ4v) is 4.15. The Morgan fingerprint density at radius 1 is 1.18 bits per heavy atom. The van der Waals surface area contributed by atoms with Gasteiger partial charge in [-0.05, 0) is 92.6 Å². The van der Waals surface area contributed by atoms with Crippen molar-refractivity contribution < 1.29 is 0 Å². The molecule has 1 atom stereocenters. The second kappa shape index (κ2) is 7.34. The monoisotopic (exact) mass is 316 g/mol. The topological polar surface area (TPSA) is 38.0 Å². The van der Waals surface area contributed by atoms with Gasteiger partial charge in [0.25, 0.3) is 0 Å². The van der Waals surface area contributed by atoms with E-state index in [-0.39, 0.29) is 0 Å². The van der Waals surface area contributed by atoms with Gasteiger partial charge in [0, 0.05) is 5.02 Å². The Hall–Kier alpha value is -1.25. The van der Waals surface area contributed by atoms with Gasteiger partial charge < -0.3 is 11.1 Å². The molecule has 0 radical (unpaired) electrons. The SMILES string of the molecule is N/C=C\C=C1\CCc2cc(Cl)ccc2C(C2CCNCC2)C1. The lowest BCUT2D eigenvalue weighted by atomic mass is 9.77. The molecule has 2 nitrogen and oxygen atoms in total. The van der Waals surface area contributed by atoms with E-state index in [4.69, 9.17) is 17.3 Å². The number of hydrogen-bond donors (Lipinski definition) is 2. The van der Waals surface area contributed by atoms with Crippen LogP contribution in [0.1, 0.15) is 42.7 Å². The summed E-state index contributed by atoms with van der Waals surface area (Å²) < 4.78 is 0. The van der Waals surface area contributed by atoms with Crippen LogP contribution in [0.25, 0.3) is 0 Å². The van der Waals surface area contributed by atoms with Crippen LogP contribution >= 0.6 is 11.6 Å². The highest BCUT2D eigenvalue weighted by Crippen LogP contribution is 2.41. The number of fused-ring (bicyclic) bond motifs is 1. The Morgan fingerprint density at radius 3 is 2.77 bits per heavy atom. The molecular formula is C19H25ClN2.